The van der Waals surface area contributed by atoms with E-state index in [0.29, 0.717) is 27.8 Å². The Hall–Kier alpha value is -3.77. The summed E-state index contributed by atoms with van der Waals surface area (Å²) >= 11 is 6.08. The first-order valence-corrected chi connectivity index (χ1v) is 9.93. The first-order chi connectivity index (χ1) is 15.4. The normalized spacial score (nSPS) is 10.6. The average Bonchev–Trinajstić information content (AvgIpc) is 2.83. The maximum absolute atomic E-state index is 12.9. The van der Waals surface area contributed by atoms with Gasteiger partial charge in [0.1, 0.15) is 11.5 Å². The molecule has 0 aliphatic rings. The van der Waals surface area contributed by atoms with Crippen LogP contribution in [-0.2, 0) is 0 Å². The van der Waals surface area contributed by atoms with Crippen molar-refractivity contribution in [1.82, 2.24) is 0 Å². The molecule has 0 amide bonds. The fourth-order valence-electron chi connectivity index (χ4n) is 2.91. The zero-order chi connectivity index (χ0) is 23.1. The molecule has 3 aromatic carbocycles. The smallest absolute Gasteiger partial charge is 0.343 e. The van der Waals surface area contributed by atoms with E-state index in [-0.39, 0.29) is 17.1 Å². The Kier molecular flexibility index (Phi) is 7.52. The number of ketones is 1. The molecular weight excluding hydrogens is 432 g/mol. The molecule has 0 spiro atoms. The molecule has 0 aliphatic heterocycles. The summed E-state index contributed by atoms with van der Waals surface area (Å²) in [5, 5.41) is 0.342. The molecule has 0 unspecified atom stereocenters. The predicted octanol–water partition coefficient (Wildman–Crippen LogP) is 5.48. The molecular formula is C25H21ClO6. The highest BCUT2D eigenvalue weighted by Gasteiger charge is 2.16. The second-order valence-corrected chi connectivity index (χ2v) is 7.01. The minimum atomic E-state index is -0.621. The van der Waals surface area contributed by atoms with Crippen molar-refractivity contribution in [3.63, 3.8) is 0 Å². The van der Waals surface area contributed by atoms with E-state index >= 15 is 0 Å². The molecule has 0 saturated heterocycles. The van der Waals surface area contributed by atoms with Crippen LogP contribution in [0.3, 0.4) is 0 Å². The van der Waals surface area contributed by atoms with Crippen molar-refractivity contribution >= 4 is 29.4 Å². The van der Waals surface area contributed by atoms with Crippen LogP contribution in [0.2, 0.25) is 5.02 Å². The van der Waals surface area contributed by atoms with Crippen molar-refractivity contribution in [3.05, 3.63) is 88.5 Å². The summed E-state index contributed by atoms with van der Waals surface area (Å²) in [7, 11) is 4.58. The number of methoxy groups -OCH3 is 3. The van der Waals surface area contributed by atoms with E-state index in [2.05, 4.69) is 0 Å². The predicted molar refractivity (Wildman–Crippen MR) is 122 cm³/mol. The number of carbonyl (C=O) groups is 2. The van der Waals surface area contributed by atoms with Crippen LogP contribution in [0.15, 0.2) is 66.7 Å². The maximum Gasteiger partial charge on any atom is 0.343 e. The zero-order valence-electron chi connectivity index (χ0n) is 17.8. The van der Waals surface area contributed by atoms with Crippen LogP contribution in [0, 0.1) is 0 Å². The third kappa shape index (κ3) is 5.47. The van der Waals surface area contributed by atoms with Crippen LogP contribution in [0.25, 0.3) is 6.08 Å². The van der Waals surface area contributed by atoms with Crippen LogP contribution >= 0.6 is 11.6 Å². The molecule has 0 aromatic heterocycles. The highest BCUT2D eigenvalue weighted by Crippen LogP contribution is 2.29. The second kappa shape index (κ2) is 10.5. The first kappa shape index (κ1) is 22.9. The molecule has 0 heterocycles. The van der Waals surface area contributed by atoms with Crippen molar-refractivity contribution in [3.8, 4) is 23.0 Å². The van der Waals surface area contributed by atoms with E-state index in [4.69, 9.17) is 30.5 Å². The highest BCUT2D eigenvalue weighted by atomic mass is 35.5. The number of rotatable bonds is 8. The lowest BCUT2D eigenvalue weighted by Gasteiger charge is -2.10. The summed E-state index contributed by atoms with van der Waals surface area (Å²) in [5.74, 6) is 0.740. The number of esters is 1. The Morgan fingerprint density at radius 2 is 1.56 bits per heavy atom. The molecule has 164 valence electrons. The van der Waals surface area contributed by atoms with Gasteiger partial charge < -0.3 is 18.9 Å². The quantitative estimate of drug-likeness (QED) is 0.195. The van der Waals surface area contributed by atoms with Gasteiger partial charge in [0.15, 0.2) is 17.3 Å². The van der Waals surface area contributed by atoms with Crippen LogP contribution < -0.4 is 18.9 Å². The van der Waals surface area contributed by atoms with Gasteiger partial charge in [-0.05, 0) is 60.2 Å². The number of allylic oxidation sites excluding steroid dienone is 1. The Balaban J connectivity index is 1.84. The van der Waals surface area contributed by atoms with Gasteiger partial charge >= 0.3 is 5.97 Å². The number of benzene rings is 3. The second-order valence-electron chi connectivity index (χ2n) is 6.57. The molecule has 0 saturated carbocycles. The lowest BCUT2D eigenvalue weighted by atomic mass is 10.1. The molecule has 3 aromatic rings. The summed E-state index contributed by atoms with van der Waals surface area (Å²) < 4.78 is 21.1. The first-order valence-electron chi connectivity index (χ1n) is 9.55. The van der Waals surface area contributed by atoms with Gasteiger partial charge in [-0.3, -0.25) is 4.79 Å². The van der Waals surface area contributed by atoms with Gasteiger partial charge in [-0.15, -0.1) is 0 Å². The molecule has 3 rings (SSSR count). The third-order valence-corrected chi connectivity index (χ3v) is 4.79. The zero-order valence-corrected chi connectivity index (χ0v) is 18.5. The number of halogens is 1. The van der Waals surface area contributed by atoms with Gasteiger partial charge in [0.25, 0.3) is 0 Å². The molecule has 0 radical (unpaired) electrons. The van der Waals surface area contributed by atoms with E-state index in [1.54, 1.807) is 61.7 Å². The summed E-state index contributed by atoms with van der Waals surface area (Å²) in [6.07, 6.45) is 2.99. The van der Waals surface area contributed by atoms with Gasteiger partial charge in [0.2, 0.25) is 0 Å². The van der Waals surface area contributed by atoms with E-state index < -0.39 is 5.97 Å². The molecule has 7 heteroatoms. The Bertz CT molecular complexity index is 1170. The summed E-state index contributed by atoms with van der Waals surface area (Å²) in [5.41, 5.74) is 1.18. The van der Waals surface area contributed by atoms with E-state index in [1.807, 2.05) is 0 Å². The van der Waals surface area contributed by atoms with Crippen molar-refractivity contribution in [2.75, 3.05) is 21.3 Å². The van der Waals surface area contributed by atoms with Gasteiger partial charge in [-0.25, -0.2) is 4.79 Å². The number of hydrogen-bond acceptors (Lipinski definition) is 6. The van der Waals surface area contributed by atoms with Crippen LogP contribution in [0.4, 0.5) is 0 Å². The van der Waals surface area contributed by atoms with Crippen molar-refractivity contribution in [2.24, 2.45) is 0 Å². The SMILES string of the molecule is COc1cccc(C(=O)Oc2ccc(Cl)cc2C(=O)/C=C/c2ccc(OC)c(OC)c2)c1. The molecule has 0 aliphatic carbocycles. The van der Waals surface area contributed by atoms with Crippen LogP contribution in [-0.4, -0.2) is 33.1 Å². The monoisotopic (exact) mass is 452 g/mol. The minimum absolute atomic E-state index is 0.101. The average molecular weight is 453 g/mol. The van der Waals surface area contributed by atoms with Gasteiger partial charge in [-0.2, -0.15) is 0 Å². The molecule has 0 bridgehead atoms. The Labute approximate surface area is 190 Å². The molecule has 0 N–H and O–H groups in total. The fourth-order valence-corrected chi connectivity index (χ4v) is 3.08. The standard InChI is InChI=1S/C25H21ClO6/c1-29-19-6-4-5-17(14-19)25(28)32-22-12-9-18(26)15-20(22)21(27)10-7-16-8-11-23(30-2)24(13-16)31-3/h4-15H,1-3H3/b10-7+. The van der Waals surface area contributed by atoms with Crippen LogP contribution in [0.5, 0.6) is 23.0 Å². The number of carbonyl (C=O) groups excluding carboxylic acids is 2. The Morgan fingerprint density at radius 1 is 0.812 bits per heavy atom. The highest BCUT2D eigenvalue weighted by molar-refractivity contribution is 6.31. The summed E-state index contributed by atoms with van der Waals surface area (Å²) in [6, 6.07) is 16.3. The van der Waals surface area contributed by atoms with Gasteiger partial charge in [0, 0.05) is 5.02 Å². The topological polar surface area (TPSA) is 71.1 Å². The van der Waals surface area contributed by atoms with Crippen molar-refractivity contribution in [2.45, 2.75) is 0 Å². The van der Waals surface area contributed by atoms with Gasteiger partial charge in [-0.1, -0.05) is 29.8 Å². The van der Waals surface area contributed by atoms with Gasteiger partial charge in [0.05, 0.1) is 32.5 Å². The number of hydrogen-bond donors (Lipinski definition) is 0. The van der Waals surface area contributed by atoms with Crippen molar-refractivity contribution in [1.29, 1.82) is 0 Å². The minimum Gasteiger partial charge on any atom is -0.497 e. The van der Waals surface area contributed by atoms with Crippen molar-refractivity contribution < 1.29 is 28.5 Å². The largest absolute Gasteiger partial charge is 0.497 e. The fraction of sp³-hybridized carbons (Fsp3) is 0.120. The molecule has 0 fully saturated rings. The van der Waals surface area contributed by atoms with E-state index in [0.717, 1.165) is 5.56 Å². The number of ether oxygens (including phenoxy) is 4. The Morgan fingerprint density at radius 3 is 2.28 bits per heavy atom. The van der Waals surface area contributed by atoms with Crippen LogP contribution in [0.1, 0.15) is 26.3 Å². The maximum atomic E-state index is 12.9. The van der Waals surface area contributed by atoms with E-state index in [1.165, 1.54) is 32.4 Å². The molecule has 32 heavy (non-hydrogen) atoms. The third-order valence-electron chi connectivity index (χ3n) is 4.55. The molecule has 6 nitrogen and oxygen atoms in total. The summed E-state index contributed by atoms with van der Waals surface area (Å²) in [4.78, 5) is 25.5. The lowest BCUT2D eigenvalue weighted by molar-refractivity contribution is 0.0732. The lowest BCUT2D eigenvalue weighted by Crippen LogP contribution is -2.11. The summed E-state index contributed by atoms with van der Waals surface area (Å²) in [6.45, 7) is 0. The molecule has 0 atom stereocenters. The van der Waals surface area contributed by atoms with E-state index in [9.17, 15) is 9.59 Å².